The number of hydrogen-bond acceptors (Lipinski definition) is 1. The van der Waals surface area contributed by atoms with Gasteiger partial charge in [0.05, 0.1) is 0 Å². The minimum Gasteiger partial charge on any atom is -0.478 e. The highest BCUT2D eigenvalue weighted by Gasteiger charge is 2.49. The maximum atomic E-state index is 11.0. The Labute approximate surface area is 114 Å². The fourth-order valence-electron chi connectivity index (χ4n) is 4.13. The highest BCUT2D eigenvalue weighted by molar-refractivity contribution is 5.85. The molecule has 0 aliphatic heterocycles. The van der Waals surface area contributed by atoms with E-state index in [1.54, 1.807) is 6.92 Å². The van der Waals surface area contributed by atoms with Gasteiger partial charge in [0.25, 0.3) is 0 Å². The van der Waals surface area contributed by atoms with Crippen LogP contribution in [0.3, 0.4) is 0 Å². The number of rotatable bonds is 3. The maximum Gasteiger partial charge on any atom is 0.330 e. The Bertz CT molecular complexity index is 517. The van der Waals surface area contributed by atoms with Gasteiger partial charge in [0.1, 0.15) is 0 Å². The van der Waals surface area contributed by atoms with E-state index in [0.717, 1.165) is 25.2 Å². The van der Waals surface area contributed by atoms with E-state index < -0.39 is 5.97 Å². The van der Waals surface area contributed by atoms with Crippen molar-refractivity contribution in [3.05, 3.63) is 47.5 Å². The Balaban J connectivity index is 1.85. The van der Waals surface area contributed by atoms with Gasteiger partial charge in [0.15, 0.2) is 0 Å². The molecule has 2 saturated carbocycles. The molecule has 3 atom stereocenters. The Morgan fingerprint density at radius 2 is 2.05 bits per heavy atom. The van der Waals surface area contributed by atoms with Gasteiger partial charge in [0.2, 0.25) is 0 Å². The Kier molecular flexibility index (Phi) is 2.96. The molecule has 0 amide bonds. The molecule has 0 saturated heterocycles. The molecular weight excluding hydrogens is 236 g/mol. The molecule has 3 unspecified atom stereocenters. The van der Waals surface area contributed by atoms with Crippen molar-refractivity contribution in [2.24, 2.45) is 11.3 Å². The molecule has 0 aromatic heterocycles. The number of carboxylic acid groups (broad SMARTS) is 1. The minimum absolute atomic E-state index is 0.146. The molecule has 2 bridgehead atoms. The van der Waals surface area contributed by atoms with Crippen molar-refractivity contribution in [2.45, 2.75) is 38.5 Å². The summed E-state index contributed by atoms with van der Waals surface area (Å²) in [5.41, 5.74) is 2.08. The van der Waals surface area contributed by atoms with Crippen LogP contribution in [0.5, 0.6) is 0 Å². The molecule has 0 spiro atoms. The van der Waals surface area contributed by atoms with Crippen LogP contribution in [0.25, 0.3) is 0 Å². The predicted molar refractivity (Wildman–Crippen MR) is 75.0 cm³/mol. The van der Waals surface area contributed by atoms with Crippen LogP contribution >= 0.6 is 0 Å². The van der Waals surface area contributed by atoms with Crippen LogP contribution in [0.15, 0.2) is 42.0 Å². The largest absolute Gasteiger partial charge is 0.478 e. The van der Waals surface area contributed by atoms with E-state index >= 15 is 0 Å². The molecule has 100 valence electrons. The zero-order valence-corrected chi connectivity index (χ0v) is 11.3. The summed E-state index contributed by atoms with van der Waals surface area (Å²) in [4.78, 5) is 11.0. The van der Waals surface area contributed by atoms with Crippen LogP contribution in [0.1, 0.15) is 44.1 Å². The van der Waals surface area contributed by atoms with Gasteiger partial charge < -0.3 is 5.11 Å². The second kappa shape index (κ2) is 4.52. The van der Waals surface area contributed by atoms with E-state index in [9.17, 15) is 4.79 Å². The van der Waals surface area contributed by atoms with E-state index in [-0.39, 0.29) is 5.41 Å². The molecule has 2 aliphatic carbocycles. The molecule has 2 heteroatoms. The molecule has 2 aliphatic rings. The minimum atomic E-state index is -0.777. The van der Waals surface area contributed by atoms with Gasteiger partial charge in [-0.15, -0.1) is 0 Å². The van der Waals surface area contributed by atoms with Gasteiger partial charge in [0, 0.05) is 5.57 Å². The first-order valence-electron chi connectivity index (χ1n) is 7.07. The molecule has 0 heterocycles. The lowest BCUT2D eigenvalue weighted by Crippen LogP contribution is -2.16. The molecule has 2 fully saturated rings. The molecule has 19 heavy (non-hydrogen) atoms. The summed E-state index contributed by atoms with van der Waals surface area (Å²) in [7, 11) is 0. The van der Waals surface area contributed by atoms with Crippen molar-refractivity contribution in [3.63, 3.8) is 0 Å². The van der Waals surface area contributed by atoms with Crippen molar-refractivity contribution in [1.82, 2.24) is 0 Å². The third-order valence-electron chi connectivity index (χ3n) is 4.96. The summed E-state index contributed by atoms with van der Waals surface area (Å²) in [6.07, 6.45) is 6.72. The SMILES string of the molecule is CC(=CC12CCC(C1)C(c1ccccc1)C2)C(=O)O. The van der Waals surface area contributed by atoms with Crippen molar-refractivity contribution in [3.8, 4) is 0 Å². The first kappa shape index (κ1) is 12.5. The summed E-state index contributed by atoms with van der Waals surface area (Å²) in [5, 5.41) is 9.08. The van der Waals surface area contributed by atoms with E-state index in [1.165, 1.54) is 12.0 Å². The number of benzene rings is 1. The van der Waals surface area contributed by atoms with Crippen LogP contribution < -0.4 is 0 Å². The van der Waals surface area contributed by atoms with Gasteiger partial charge in [-0.3, -0.25) is 0 Å². The molecule has 1 aromatic rings. The van der Waals surface area contributed by atoms with Crippen LogP contribution in [0, 0.1) is 11.3 Å². The number of hydrogen-bond donors (Lipinski definition) is 1. The first-order valence-corrected chi connectivity index (χ1v) is 7.07. The summed E-state index contributed by atoms with van der Waals surface area (Å²) in [6.45, 7) is 1.72. The van der Waals surface area contributed by atoms with Crippen LogP contribution in [-0.4, -0.2) is 11.1 Å². The van der Waals surface area contributed by atoms with E-state index in [2.05, 4.69) is 30.3 Å². The standard InChI is InChI=1S/C17H20O2/c1-12(16(18)19)9-17-8-7-14(10-17)15(11-17)13-5-3-2-4-6-13/h2-6,9,14-15H,7-8,10-11H2,1H3,(H,18,19). The summed E-state index contributed by atoms with van der Waals surface area (Å²) < 4.78 is 0. The second-order valence-electron chi connectivity index (χ2n) is 6.22. The lowest BCUT2D eigenvalue weighted by atomic mass is 9.76. The lowest BCUT2D eigenvalue weighted by molar-refractivity contribution is -0.132. The average Bonchev–Trinajstić information content (AvgIpc) is 2.97. The third-order valence-corrected chi connectivity index (χ3v) is 4.96. The fraction of sp³-hybridized carbons (Fsp3) is 0.471. The van der Waals surface area contributed by atoms with Gasteiger partial charge in [-0.25, -0.2) is 4.79 Å². The zero-order chi connectivity index (χ0) is 13.5. The van der Waals surface area contributed by atoms with Crippen LogP contribution in [0.4, 0.5) is 0 Å². The fourth-order valence-corrected chi connectivity index (χ4v) is 4.13. The van der Waals surface area contributed by atoms with Gasteiger partial charge in [-0.05, 0) is 55.4 Å². The third kappa shape index (κ3) is 2.20. The van der Waals surface area contributed by atoms with Gasteiger partial charge >= 0.3 is 5.97 Å². The maximum absolute atomic E-state index is 11.0. The van der Waals surface area contributed by atoms with Crippen molar-refractivity contribution >= 4 is 5.97 Å². The monoisotopic (exact) mass is 256 g/mol. The smallest absolute Gasteiger partial charge is 0.330 e. The molecule has 1 N–H and O–H groups in total. The van der Waals surface area contributed by atoms with Gasteiger partial charge in [-0.2, -0.15) is 0 Å². The molecule has 3 rings (SSSR count). The van der Waals surface area contributed by atoms with Crippen LogP contribution in [0.2, 0.25) is 0 Å². The molecular formula is C17H20O2. The number of allylic oxidation sites excluding steroid dienone is 1. The van der Waals surface area contributed by atoms with Crippen molar-refractivity contribution in [1.29, 1.82) is 0 Å². The van der Waals surface area contributed by atoms with Gasteiger partial charge in [-0.1, -0.05) is 36.4 Å². The molecule has 2 nitrogen and oxygen atoms in total. The highest BCUT2D eigenvalue weighted by atomic mass is 16.4. The van der Waals surface area contributed by atoms with E-state index in [1.807, 2.05) is 6.08 Å². The Morgan fingerprint density at radius 1 is 1.32 bits per heavy atom. The number of carboxylic acids is 1. The molecule has 0 radical (unpaired) electrons. The Morgan fingerprint density at radius 3 is 2.74 bits per heavy atom. The average molecular weight is 256 g/mol. The summed E-state index contributed by atoms with van der Waals surface area (Å²) in [6, 6.07) is 10.7. The number of carbonyl (C=O) groups is 1. The second-order valence-corrected chi connectivity index (χ2v) is 6.22. The lowest BCUT2D eigenvalue weighted by Gasteiger charge is -2.28. The van der Waals surface area contributed by atoms with E-state index in [4.69, 9.17) is 5.11 Å². The zero-order valence-electron chi connectivity index (χ0n) is 11.3. The number of aliphatic carboxylic acids is 1. The summed E-state index contributed by atoms with van der Waals surface area (Å²) >= 11 is 0. The Hall–Kier alpha value is -1.57. The molecule has 1 aromatic carbocycles. The number of fused-ring (bicyclic) bond motifs is 2. The predicted octanol–water partition coefficient (Wildman–Crippen LogP) is 3.99. The van der Waals surface area contributed by atoms with Crippen LogP contribution in [-0.2, 0) is 4.79 Å². The highest BCUT2D eigenvalue weighted by Crippen LogP contribution is 2.61. The topological polar surface area (TPSA) is 37.3 Å². The normalized spacial score (nSPS) is 33.6. The van der Waals surface area contributed by atoms with Crippen molar-refractivity contribution < 1.29 is 9.90 Å². The summed E-state index contributed by atoms with van der Waals surface area (Å²) in [5.74, 6) is 0.578. The van der Waals surface area contributed by atoms with Crippen molar-refractivity contribution in [2.75, 3.05) is 0 Å². The van der Waals surface area contributed by atoms with E-state index in [0.29, 0.717) is 11.5 Å². The quantitative estimate of drug-likeness (QED) is 0.830. The first-order chi connectivity index (χ1) is 9.10.